The zero-order valence-electron chi connectivity index (χ0n) is 9.66. The van der Waals surface area contributed by atoms with E-state index in [1.165, 1.54) is 11.8 Å². The van der Waals surface area contributed by atoms with Crippen molar-refractivity contribution >= 4 is 17.0 Å². The highest BCUT2D eigenvalue weighted by Crippen LogP contribution is 2.22. The molecule has 0 aliphatic carbocycles. The molecule has 1 N–H and O–H groups in total. The van der Waals surface area contributed by atoms with Gasteiger partial charge in [0, 0.05) is 11.4 Å². The molecule has 0 fully saturated rings. The van der Waals surface area contributed by atoms with Gasteiger partial charge in [0.25, 0.3) is 5.24 Å². The number of rotatable bonds is 5. The maximum atomic E-state index is 11.5. The number of methoxy groups -OCH3 is 1. The third-order valence-electron chi connectivity index (χ3n) is 2.05. The van der Waals surface area contributed by atoms with Crippen LogP contribution in [0.15, 0.2) is 29.2 Å². The molecule has 1 rings (SSSR count). The summed E-state index contributed by atoms with van der Waals surface area (Å²) in [7, 11) is 1.62. The van der Waals surface area contributed by atoms with Crippen molar-refractivity contribution in [2.75, 3.05) is 13.7 Å². The van der Waals surface area contributed by atoms with E-state index in [4.69, 9.17) is 4.74 Å². The molecular weight excluding hydrogens is 222 g/mol. The lowest BCUT2D eigenvalue weighted by Crippen LogP contribution is -2.19. The summed E-state index contributed by atoms with van der Waals surface area (Å²) in [6.07, 6.45) is 2.11. The molecule has 0 aliphatic heterocycles. The standard InChI is InChI=1S/C12H17NO2S/c1-3-4-8-13-12(14)16-11-7-5-6-10(9-11)15-2/h5-7,9H,3-4,8H2,1-2H3,(H,13,14). The van der Waals surface area contributed by atoms with Gasteiger partial charge in [-0.3, -0.25) is 4.79 Å². The molecule has 4 heteroatoms. The van der Waals surface area contributed by atoms with Crippen molar-refractivity contribution < 1.29 is 9.53 Å². The van der Waals surface area contributed by atoms with E-state index in [2.05, 4.69) is 12.2 Å². The number of ether oxygens (including phenoxy) is 1. The van der Waals surface area contributed by atoms with Gasteiger partial charge in [0.1, 0.15) is 5.75 Å². The molecule has 0 bridgehead atoms. The van der Waals surface area contributed by atoms with Gasteiger partial charge in [0.15, 0.2) is 0 Å². The molecule has 0 radical (unpaired) electrons. The largest absolute Gasteiger partial charge is 0.497 e. The van der Waals surface area contributed by atoms with Gasteiger partial charge in [-0.05, 0) is 36.4 Å². The number of unbranched alkanes of at least 4 members (excludes halogenated alkanes) is 1. The lowest BCUT2D eigenvalue weighted by atomic mass is 10.3. The number of carbonyl (C=O) groups excluding carboxylic acids is 1. The van der Waals surface area contributed by atoms with E-state index in [0.29, 0.717) is 0 Å². The van der Waals surface area contributed by atoms with Crippen LogP contribution in [-0.4, -0.2) is 18.9 Å². The van der Waals surface area contributed by atoms with E-state index in [0.717, 1.165) is 30.0 Å². The Morgan fingerprint density at radius 3 is 3.00 bits per heavy atom. The summed E-state index contributed by atoms with van der Waals surface area (Å²) >= 11 is 1.19. The van der Waals surface area contributed by atoms with Crippen LogP contribution in [0.5, 0.6) is 5.75 Å². The van der Waals surface area contributed by atoms with Gasteiger partial charge in [0.05, 0.1) is 7.11 Å². The Labute approximate surface area is 101 Å². The third-order valence-corrected chi connectivity index (χ3v) is 2.87. The summed E-state index contributed by atoms with van der Waals surface area (Å²) in [4.78, 5) is 12.4. The minimum absolute atomic E-state index is 0.0123. The molecule has 0 atom stereocenters. The number of benzene rings is 1. The van der Waals surface area contributed by atoms with E-state index in [9.17, 15) is 4.79 Å². The van der Waals surface area contributed by atoms with Gasteiger partial charge in [-0.15, -0.1) is 0 Å². The van der Waals surface area contributed by atoms with Crippen LogP contribution in [-0.2, 0) is 0 Å². The van der Waals surface area contributed by atoms with Crippen LogP contribution >= 0.6 is 11.8 Å². The Balaban J connectivity index is 2.43. The van der Waals surface area contributed by atoms with Crippen molar-refractivity contribution in [1.82, 2.24) is 5.32 Å². The van der Waals surface area contributed by atoms with Crippen LogP contribution in [0.2, 0.25) is 0 Å². The van der Waals surface area contributed by atoms with Gasteiger partial charge in [-0.1, -0.05) is 19.4 Å². The molecule has 0 saturated heterocycles. The number of amides is 1. The smallest absolute Gasteiger partial charge is 0.283 e. The monoisotopic (exact) mass is 239 g/mol. The summed E-state index contributed by atoms with van der Waals surface area (Å²) in [6.45, 7) is 2.84. The molecule has 3 nitrogen and oxygen atoms in total. The SMILES string of the molecule is CCCCNC(=O)Sc1cccc(OC)c1. The van der Waals surface area contributed by atoms with Crippen molar-refractivity contribution in [1.29, 1.82) is 0 Å². The maximum absolute atomic E-state index is 11.5. The average Bonchev–Trinajstić information content (AvgIpc) is 2.29. The van der Waals surface area contributed by atoms with E-state index in [1.807, 2.05) is 24.3 Å². The minimum atomic E-state index is -0.0123. The van der Waals surface area contributed by atoms with Gasteiger partial charge in [-0.2, -0.15) is 0 Å². The predicted octanol–water partition coefficient (Wildman–Crippen LogP) is 3.30. The molecule has 0 heterocycles. The zero-order valence-corrected chi connectivity index (χ0v) is 10.5. The average molecular weight is 239 g/mol. The highest BCUT2D eigenvalue weighted by molar-refractivity contribution is 8.13. The fourth-order valence-electron chi connectivity index (χ4n) is 1.18. The number of hydrogen-bond donors (Lipinski definition) is 1. The molecular formula is C12H17NO2S. The first kappa shape index (κ1) is 12.9. The fraction of sp³-hybridized carbons (Fsp3) is 0.417. The van der Waals surface area contributed by atoms with E-state index in [1.54, 1.807) is 7.11 Å². The Bertz CT molecular complexity index is 342. The van der Waals surface area contributed by atoms with Gasteiger partial charge in [-0.25, -0.2) is 0 Å². The molecule has 1 aromatic rings. The molecule has 88 valence electrons. The van der Waals surface area contributed by atoms with Crippen LogP contribution in [0, 0.1) is 0 Å². The highest BCUT2D eigenvalue weighted by Gasteiger charge is 2.04. The summed E-state index contributed by atoms with van der Waals surface area (Å²) < 4.78 is 5.09. The lowest BCUT2D eigenvalue weighted by Gasteiger charge is -2.05. The molecule has 0 aromatic heterocycles. The Kier molecular flexibility index (Phi) is 5.78. The summed E-state index contributed by atoms with van der Waals surface area (Å²) in [5, 5.41) is 2.84. The highest BCUT2D eigenvalue weighted by atomic mass is 32.2. The number of carbonyl (C=O) groups is 1. The Hall–Kier alpha value is -1.16. The van der Waals surface area contributed by atoms with Crippen molar-refractivity contribution in [2.45, 2.75) is 24.7 Å². The molecule has 0 spiro atoms. The Morgan fingerprint density at radius 2 is 2.31 bits per heavy atom. The normalized spacial score (nSPS) is 9.88. The second kappa shape index (κ2) is 7.17. The summed E-state index contributed by atoms with van der Waals surface area (Å²) in [5.74, 6) is 0.770. The molecule has 16 heavy (non-hydrogen) atoms. The second-order valence-corrected chi connectivity index (χ2v) is 4.40. The molecule has 0 saturated carbocycles. The first-order valence-electron chi connectivity index (χ1n) is 5.36. The maximum Gasteiger partial charge on any atom is 0.283 e. The van der Waals surface area contributed by atoms with E-state index < -0.39 is 0 Å². The van der Waals surface area contributed by atoms with Crippen LogP contribution in [0.3, 0.4) is 0 Å². The van der Waals surface area contributed by atoms with Gasteiger partial charge < -0.3 is 10.1 Å². The van der Waals surface area contributed by atoms with Gasteiger partial charge >= 0.3 is 0 Å². The fourth-order valence-corrected chi connectivity index (χ4v) is 1.89. The number of thioether (sulfide) groups is 1. The third kappa shape index (κ3) is 4.57. The number of hydrogen-bond acceptors (Lipinski definition) is 3. The summed E-state index contributed by atoms with van der Waals surface area (Å²) in [5.41, 5.74) is 0. The molecule has 0 aliphatic rings. The van der Waals surface area contributed by atoms with Crippen molar-refractivity contribution in [3.8, 4) is 5.75 Å². The molecule has 1 amide bonds. The topological polar surface area (TPSA) is 38.3 Å². The van der Waals surface area contributed by atoms with E-state index in [-0.39, 0.29) is 5.24 Å². The Morgan fingerprint density at radius 1 is 1.50 bits per heavy atom. The molecule has 1 aromatic carbocycles. The van der Waals surface area contributed by atoms with Crippen molar-refractivity contribution in [2.24, 2.45) is 0 Å². The predicted molar refractivity (Wildman–Crippen MR) is 67.2 cm³/mol. The zero-order chi connectivity index (χ0) is 11.8. The first-order chi connectivity index (χ1) is 7.76. The minimum Gasteiger partial charge on any atom is -0.497 e. The number of nitrogens with one attached hydrogen (secondary N) is 1. The molecule has 0 unspecified atom stereocenters. The van der Waals surface area contributed by atoms with Crippen LogP contribution < -0.4 is 10.1 Å². The lowest BCUT2D eigenvalue weighted by molar-refractivity contribution is 0.260. The quantitative estimate of drug-likeness (QED) is 0.633. The van der Waals surface area contributed by atoms with E-state index >= 15 is 0 Å². The van der Waals surface area contributed by atoms with Crippen LogP contribution in [0.4, 0.5) is 4.79 Å². The second-order valence-electron chi connectivity index (χ2n) is 3.35. The van der Waals surface area contributed by atoms with Crippen LogP contribution in [0.1, 0.15) is 19.8 Å². The van der Waals surface area contributed by atoms with Crippen LogP contribution in [0.25, 0.3) is 0 Å². The van der Waals surface area contributed by atoms with Gasteiger partial charge in [0.2, 0.25) is 0 Å². The summed E-state index contributed by atoms with van der Waals surface area (Å²) in [6, 6.07) is 7.48. The van der Waals surface area contributed by atoms with Crippen molar-refractivity contribution in [3.63, 3.8) is 0 Å². The van der Waals surface area contributed by atoms with Crippen molar-refractivity contribution in [3.05, 3.63) is 24.3 Å². The first-order valence-corrected chi connectivity index (χ1v) is 6.17.